The van der Waals surface area contributed by atoms with E-state index in [9.17, 15) is 0 Å². The van der Waals surface area contributed by atoms with Gasteiger partial charge in [-0.3, -0.25) is 0 Å². The molecule has 0 saturated heterocycles. The Hall–Kier alpha value is -1.13. The Morgan fingerprint density at radius 1 is 0.519 bits per heavy atom. The van der Waals surface area contributed by atoms with Crippen LogP contribution in [0.15, 0.2) is 60.7 Å². The number of rotatable bonds is 13. The van der Waals surface area contributed by atoms with Gasteiger partial charge in [-0.2, -0.15) is 0 Å². The van der Waals surface area contributed by atoms with E-state index in [-0.39, 0.29) is 0 Å². The average Bonchev–Trinajstić information content (AvgIpc) is 2.71. The van der Waals surface area contributed by atoms with Crippen LogP contribution in [0.3, 0.4) is 0 Å². The van der Waals surface area contributed by atoms with Crippen molar-refractivity contribution in [2.75, 3.05) is 19.5 Å². The minimum atomic E-state index is -2.09. The molecule has 2 rings (SSSR count). The molecule has 0 amide bonds. The van der Waals surface area contributed by atoms with Crippen molar-refractivity contribution in [3.05, 3.63) is 60.7 Å². The predicted molar refractivity (Wildman–Crippen MR) is 128 cm³/mol. The zero-order chi connectivity index (χ0) is 19.5. The van der Waals surface area contributed by atoms with Crippen molar-refractivity contribution in [3.63, 3.8) is 0 Å². The molecule has 2 aromatic carbocycles. The van der Waals surface area contributed by atoms with Crippen molar-refractivity contribution in [2.45, 2.75) is 71.1 Å². The van der Waals surface area contributed by atoms with Gasteiger partial charge in [0.25, 0.3) is 0 Å². The molecule has 0 unspecified atom stereocenters. The second-order valence-electron chi connectivity index (χ2n) is 8.98. The van der Waals surface area contributed by atoms with Crippen LogP contribution < -0.4 is 10.6 Å². The standard InChI is InChI=1S/C26H41P/c1-4-5-6-7-8-9-10-11-12-19-24-27(2,3,25-20-15-13-16-21-25)26-22-17-14-18-23-26/h13-18,20-23H,4-12,19,24H2,1-3H3. The number of hydrogen-bond acceptors (Lipinski definition) is 0. The summed E-state index contributed by atoms with van der Waals surface area (Å²) in [5.41, 5.74) is 0. The Kier molecular flexibility index (Phi) is 9.04. The van der Waals surface area contributed by atoms with Gasteiger partial charge >= 0.3 is 168 Å². The third-order valence-corrected chi connectivity index (χ3v) is 11.9. The molecule has 0 heterocycles. The molecule has 2 aromatic rings. The van der Waals surface area contributed by atoms with Crippen molar-refractivity contribution in [1.82, 2.24) is 0 Å². The van der Waals surface area contributed by atoms with E-state index in [4.69, 9.17) is 0 Å². The van der Waals surface area contributed by atoms with Crippen LogP contribution in [0, 0.1) is 0 Å². The van der Waals surface area contributed by atoms with Gasteiger partial charge in [-0.25, -0.2) is 0 Å². The van der Waals surface area contributed by atoms with E-state index in [1.807, 2.05) is 0 Å². The van der Waals surface area contributed by atoms with Gasteiger partial charge < -0.3 is 0 Å². The fraction of sp³-hybridized carbons (Fsp3) is 0.538. The Morgan fingerprint density at radius 2 is 0.889 bits per heavy atom. The van der Waals surface area contributed by atoms with Gasteiger partial charge in [0, 0.05) is 0 Å². The Morgan fingerprint density at radius 3 is 1.30 bits per heavy atom. The topological polar surface area (TPSA) is 0 Å². The molecular weight excluding hydrogens is 343 g/mol. The van der Waals surface area contributed by atoms with Crippen molar-refractivity contribution in [2.24, 2.45) is 0 Å². The monoisotopic (exact) mass is 384 g/mol. The normalized spacial score (nSPS) is 13.2. The number of unbranched alkanes of at least 4 members (excludes halogenated alkanes) is 9. The van der Waals surface area contributed by atoms with Gasteiger partial charge in [-0.1, -0.05) is 0 Å². The van der Waals surface area contributed by atoms with Crippen LogP contribution in [0.25, 0.3) is 0 Å². The molecule has 1 heteroatoms. The van der Waals surface area contributed by atoms with Crippen molar-refractivity contribution < 1.29 is 0 Å². The van der Waals surface area contributed by atoms with Crippen LogP contribution in [-0.2, 0) is 0 Å². The van der Waals surface area contributed by atoms with Crippen LogP contribution in [0.5, 0.6) is 0 Å². The van der Waals surface area contributed by atoms with Crippen molar-refractivity contribution in [1.29, 1.82) is 0 Å². The molecule has 0 bridgehead atoms. The van der Waals surface area contributed by atoms with Crippen LogP contribution >= 0.6 is 6.60 Å². The van der Waals surface area contributed by atoms with Gasteiger partial charge in [-0.05, 0) is 0 Å². The Balaban J connectivity index is 1.88. The molecule has 0 saturated carbocycles. The molecule has 0 spiro atoms. The summed E-state index contributed by atoms with van der Waals surface area (Å²) in [6.45, 7) is 5.36. The van der Waals surface area contributed by atoms with E-state index >= 15 is 0 Å². The van der Waals surface area contributed by atoms with E-state index in [2.05, 4.69) is 80.9 Å². The summed E-state index contributed by atoms with van der Waals surface area (Å²) in [7, 11) is 0. The maximum absolute atomic E-state index is 2.57. The fourth-order valence-corrected chi connectivity index (χ4v) is 8.54. The minimum absolute atomic E-state index is 1.33. The summed E-state index contributed by atoms with van der Waals surface area (Å²) in [5.74, 6) is 0. The number of hydrogen-bond donors (Lipinski definition) is 0. The molecular formula is C26H41P. The zero-order valence-corrected chi connectivity index (χ0v) is 18.9. The summed E-state index contributed by atoms with van der Waals surface area (Å²) in [5, 5.41) is 3.12. The van der Waals surface area contributed by atoms with Gasteiger partial charge in [-0.15, -0.1) is 0 Å². The third-order valence-electron chi connectivity index (χ3n) is 6.35. The van der Waals surface area contributed by atoms with Gasteiger partial charge in [0.1, 0.15) is 0 Å². The first-order valence-corrected chi connectivity index (χ1v) is 14.5. The molecule has 0 N–H and O–H groups in total. The third kappa shape index (κ3) is 6.46. The molecule has 0 aromatic heterocycles. The summed E-state index contributed by atoms with van der Waals surface area (Å²) in [6, 6.07) is 22.6. The molecule has 0 nitrogen and oxygen atoms in total. The fourth-order valence-electron chi connectivity index (χ4n) is 4.29. The van der Waals surface area contributed by atoms with Crippen LogP contribution in [0.1, 0.15) is 71.1 Å². The van der Waals surface area contributed by atoms with E-state index < -0.39 is 6.60 Å². The van der Waals surface area contributed by atoms with Crippen LogP contribution in [-0.4, -0.2) is 19.5 Å². The van der Waals surface area contributed by atoms with E-state index in [1.165, 1.54) is 70.4 Å². The molecule has 0 aliphatic rings. The molecule has 0 aliphatic carbocycles. The summed E-state index contributed by atoms with van der Waals surface area (Å²) in [6.07, 6.45) is 15.4. The maximum atomic E-state index is 2.57. The van der Waals surface area contributed by atoms with Gasteiger partial charge in [0.15, 0.2) is 0 Å². The average molecular weight is 385 g/mol. The van der Waals surface area contributed by atoms with Crippen LogP contribution in [0.2, 0.25) is 0 Å². The van der Waals surface area contributed by atoms with Gasteiger partial charge in [0.05, 0.1) is 0 Å². The van der Waals surface area contributed by atoms with Crippen LogP contribution in [0.4, 0.5) is 0 Å². The predicted octanol–water partition coefficient (Wildman–Crippen LogP) is 7.37. The second-order valence-corrected chi connectivity index (χ2v) is 15.3. The Bertz CT molecular complexity index is 586. The summed E-state index contributed by atoms with van der Waals surface area (Å²) >= 11 is 0. The first kappa shape index (κ1) is 22.2. The Labute approximate surface area is 168 Å². The number of benzene rings is 2. The molecule has 27 heavy (non-hydrogen) atoms. The van der Waals surface area contributed by atoms with Crippen molar-refractivity contribution >= 4 is 17.2 Å². The van der Waals surface area contributed by atoms with Crippen molar-refractivity contribution in [3.8, 4) is 0 Å². The SMILES string of the molecule is CCCCCCCCCCCCP(C)(C)(c1ccccc1)c1ccccc1. The first-order valence-electron chi connectivity index (χ1n) is 11.2. The van der Waals surface area contributed by atoms with Gasteiger partial charge in [0.2, 0.25) is 0 Å². The molecule has 0 aliphatic heterocycles. The second kappa shape index (κ2) is 11.0. The zero-order valence-electron chi connectivity index (χ0n) is 18.0. The molecule has 0 fully saturated rings. The first-order chi connectivity index (χ1) is 13.1. The van der Waals surface area contributed by atoms with E-state index in [0.717, 1.165) is 0 Å². The quantitative estimate of drug-likeness (QED) is 0.250. The molecule has 0 radical (unpaired) electrons. The summed E-state index contributed by atoms with van der Waals surface area (Å²) in [4.78, 5) is 0. The molecule has 0 atom stereocenters. The molecule has 150 valence electrons. The van der Waals surface area contributed by atoms with E-state index in [1.54, 1.807) is 10.6 Å². The summed E-state index contributed by atoms with van der Waals surface area (Å²) < 4.78 is 0. The van der Waals surface area contributed by atoms with E-state index in [0.29, 0.717) is 0 Å².